The van der Waals surface area contributed by atoms with Crippen LogP contribution in [0.5, 0.6) is 0 Å². The summed E-state index contributed by atoms with van der Waals surface area (Å²) < 4.78 is 2.06. The van der Waals surface area contributed by atoms with Crippen LogP contribution in [0.4, 0.5) is 5.82 Å². The molecule has 0 spiro atoms. The Morgan fingerprint density at radius 2 is 2.04 bits per heavy atom. The molecule has 4 rings (SSSR count). The van der Waals surface area contributed by atoms with Gasteiger partial charge in [-0.3, -0.25) is 9.58 Å². The standard InChI is InChI=1S/C20H30N6/c1-14(2)20-21-10-9-18(24-20)22-13-15-5-4-12-26(16-6-7-16)19(15)17-8-11-23-25(17)3/h8-11,14-16,19H,4-7,12-13H2,1-3H3,(H,21,22,24)/t15-,19+/m0/s1. The van der Waals surface area contributed by atoms with Crippen molar-refractivity contribution in [2.75, 3.05) is 18.4 Å². The Labute approximate surface area is 156 Å². The minimum Gasteiger partial charge on any atom is -0.370 e. The number of nitrogens with zero attached hydrogens (tertiary/aromatic N) is 5. The van der Waals surface area contributed by atoms with Crippen molar-refractivity contribution in [1.29, 1.82) is 0 Å². The number of nitrogens with one attached hydrogen (secondary N) is 1. The first-order chi connectivity index (χ1) is 12.6. The second kappa shape index (κ2) is 7.35. The fourth-order valence-electron chi connectivity index (χ4n) is 4.21. The average molecular weight is 355 g/mol. The van der Waals surface area contributed by atoms with Crippen molar-refractivity contribution in [3.63, 3.8) is 0 Å². The van der Waals surface area contributed by atoms with Crippen LogP contribution >= 0.6 is 0 Å². The van der Waals surface area contributed by atoms with Gasteiger partial charge in [-0.05, 0) is 50.3 Å². The number of piperidine rings is 1. The lowest BCUT2D eigenvalue weighted by Crippen LogP contribution is -2.43. The second-order valence-corrected chi connectivity index (χ2v) is 8.03. The highest BCUT2D eigenvalue weighted by Gasteiger charge is 2.41. The third-order valence-corrected chi connectivity index (χ3v) is 5.71. The summed E-state index contributed by atoms with van der Waals surface area (Å²) >= 11 is 0. The third-order valence-electron chi connectivity index (χ3n) is 5.71. The second-order valence-electron chi connectivity index (χ2n) is 8.03. The van der Waals surface area contributed by atoms with E-state index in [1.54, 1.807) is 0 Å². The third kappa shape index (κ3) is 3.61. The number of aryl methyl sites for hydroxylation is 1. The lowest BCUT2D eigenvalue weighted by molar-refractivity contribution is 0.0841. The van der Waals surface area contributed by atoms with Crippen LogP contribution in [0.2, 0.25) is 0 Å². The van der Waals surface area contributed by atoms with Gasteiger partial charge in [0, 0.05) is 37.9 Å². The summed E-state index contributed by atoms with van der Waals surface area (Å²) in [5.41, 5.74) is 1.34. The molecule has 2 atom stereocenters. The van der Waals surface area contributed by atoms with Crippen molar-refractivity contribution < 1.29 is 0 Å². The molecule has 3 heterocycles. The average Bonchev–Trinajstić information content (AvgIpc) is 3.41. The zero-order valence-electron chi connectivity index (χ0n) is 16.1. The Bertz CT molecular complexity index is 735. The Morgan fingerprint density at radius 3 is 2.73 bits per heavy atom. The van der Waals surface area contributed by atoms with Gasteiger partial charge in [0.2, 0.25) is 0 Å². The maximum absolute atomic E-state index is 4.68. The minimum absolute atomic E-state index is 0.346. The predicted molar refractivity (Wildman–Crippen MR) is 103 cm³/mol. The molecule has 0 unspecified atom stereocenters. The van der Waals surface area contributed by atoms with Crippen molar-refractivity contribution in [2.45, 2.75) is 57.5 Å². The molecule has 0 radical (unpaired) electrons. The summed E-state index contributed by atoms with van der Waals surface area (Å²) in [6, 6.07) is 5.39. The zero-order valence-corrected chi connectivity index (χ0v) is 16.1. The molecule has 26 heavy (non-hydrogen) atoms. The summed E-state index contributed by atoms with van der Waals surface area (Å²) in [4.78, 5) is 11.8. The van der Waals surface area contributed by atoms with Gasteiger partial charge in [-0.15, -0.1) is 0 Å². The van der Waals surface area contributed by atoms with Crippen molar-refractivity contribution >= 4 is 5.82 Å². The van der Waals surface area contributed by atoms with Gasteiger partial charge in [-0.1, -0.05) is 13.8 Å². The molecule has 2 fully saturated rings. The highest BCUT2D eigenvalue weighted by Crippen LogP contribution is 2.42. The Kier molecular flexibility index (Phi) is 4.94. The molecule has 6 nitrogen and oxygen atoms in total. The molecule has 140 valence electrons. The lowest BCUT2D eigenvalue weighted by atomic mass is 9.86. The molecule has 0 amide bonds. The fourth-order valence-corrected chi connectivity index (χ4v) is 4.21. The molecular weight excluding hydrogens is 324 g/mol. The summed E-state index contributed by atoms with van der Waals surface area (Å²) in [7, 11) is 2.07. The fraction of sp³-hybridized carbons (Fsp3) is 0.650. The van der Waals surface area contributed by atoms with Crippen LogP contribution in [0.15, 0.2) is 24.5 Å². The SMILES string of the molecule is CC(C)c1nccc(NC[C@@H]2CCCN(C3CC3)[C@H]2c2ccnn2C)n1. The predicted octanol–water partition coefficient (Wildman–Crippen LogP) is 3.36. The smallest absolute Gasteiger partial charge is 0.133 e. The molecule has 1 saturated carbocycles. The van der Waals surface area contributed by atoms with E-state index < -0.39 is 0 Å². The van der Waals surface area contributed by atoms with Gasteiger partial charge in [-0.25, -0.2) is 9.97 Å². The Morgan fingerprint density at radius 1 is 1.19 bits per heavy atom. The molecule has 1 aliphatic heterocycles. The Hall–Kier alpha value is -1.95. The number of aromatic nitrogens is 4. The van der Waals surface area contributed by atoms with Gasteiger partial charge >= 0.3 is 0 Å². The van der Waals surface area contributed by atoms with Crippen molar-refractivity contribution in [2.24, 2.45) is 13.0 Å². The molecule has 2 aromatic rings. The summed E-state index contributed by atoms with van der Waals surface area (Å²) in [6.07, 6.45) is 9.00. The largest absolute Gasteiger partial charge is 0.370 e. The van der Waals surface area contributed by atoms with E-state index >= 15 is 0 Å². The summed E-state index contributed by atoms with van der Waals surface area (Å²) in [5.74, 6) is 2.76. The molecule has 6 heteroatoms. The van der Waals surface area contributed by atoms with Gasteiger partial charge < -0.3 is 5.32 Å². The van der Waals surface area contributed by atoms with E-state index in [1.807, 2.05) is 18.5 Å². The molecule has 0 aromatic carbocycles. The molecule has 1 aliphatic carbocycles. The molecular formula is C20H30N6. The first kappa shape index (κ1) is 17.5. The number of likely N-dealkylation sites (tertiary alicyclic amines) is 1. The van der Waals surface area contributed by atoms with Crippen LogP contribution in [-0.4, -0.2) is 43.8 Å². The van der Waals surface area contributed by atoms with E-state index in [1.165, 1.54) is 37.9 Å². The van der Waals surface area contributed by atoms with E-state index in [2.05, 4.69) is 56.9 Å². The van der Waals surface area contributed by atoms with Gasteiger partial charge in [0.15, 0.2) is 0 Å². The van der Waals surface area contributed by atoms with Gasteiger partial charge in [-0.2, -0.15) is 5.10 Å². The van der Waals surface area contributed by atoms with Crippen LogP contribution in [0.3, 0.4) is 0 Å². The van der Waals surface area contributed by atoms with Crippen molar-refractivity contribution in [3.8, 4) is 0 Å². The number of hydrogen-bond acceptors (Lipinski definition) is 5. The van der Waals surface area contributed by atoms with Crippen LogP contribution in [0.25, 0.3) is 0 Å². The number of anilines is 1. The Balaban J connectivity index is 1.52. The monoisotopic (exact) mass is 354 g/mol. The highest BCUT2D eigenvalue weighted by molar-refractivity contribution is 5.33. The van der Waals surface area contributed by atoms with E-state index in [9.17, 15) is 0 Å². The first-order valence-corrected chi connectivity index (χ1v) is 9.94. The first-order valence-electron chi connectivity index (χ1n) is 9.94. The molecule has 0 bridgehead atoms. The quantitative estimate of drug-likeness (QED) is 0.862. The van der Waals surface area contributed by atoms with E-state index in [0.717, 1.165) is 24.2 Å². The van der Waals surface area contributed by atoms with Gasteiger partial charge in [0.1, 0.15) is 11.6 Å². The summed E-state index contributed by atoms with van der Waals surface area (Å²) in [6.45, 7) is 6.41. The molecule has 2 aliphatic rings. The lowest BCUT2D eigenvalue weighted by Gasteiger charge is -2.41. The van der Waals surface area contributed by atoms with Crippen LogP contribution in [0.1, 0.15) is 63.0 Å². The van der Waals surface area contributed by atoms with Crippen molar-refractivity contribution in [3.05, 3.63) is 36.0 Å². The van der Waals surface area contributed by atoms with Gasteiger partial charge in [0.05, 0.1) is 11.7 Å². The molecule has 2 aromatic heterocycles. The molecule has 1 N–H and O–H groups in total. The van der Waals surface area contributed by atoms with Crippen LogP contribution in [-0.2, 0) is 7.05 Å². The minimum atomic E-state index is 0.346. The van der Waals surface area contributed by atoms with Crippen molar-refractivity contribution in [1.82, 2.24) is 24.6 Å². The highest BCUT2D eigenvalue weighted by atomic mass is 15.3. The number of hydrogen-bond donors (Lipinski definition) is 1. The van der Waals surface area contributed by atoms with Crippen LogP contribution in [0, 0.1) is 5.92 Å². The van der Waals surface area contributed by atoms with E-state index in [0.29, 0.717) is 17.9 Å². The topological polar surface area (TPSA) is 58.9 Å². The van der Waals surface area contributed by atoms with Gasteiger partial charge in [0.25, 0.3) is 0 Å². The maximum Gasteiger partial charge on any atom is 0.133 e. The zero-order chi connectivity index (χ0) is 18.1. The van der Waals surface area contributed by atoms with E-state index in [-0.39, 0.29) is 0 Å². The maximum atomic E-state index is 4.68. The van der Waals surface area contributed by atoms with E-state index in [4.69, 9.17) is 0 Å². The summed E-state index contributed by atoms with van der Waals surface area (Å²) in [5, 5.41) is 8.03. The number of rotatable bonds is 6. The van der Waals surface area contributed by atoms with Crippen LogP contribution < -0.4 is 5.32 Å². The molecule has 1 saturated heterocycles. The normalized spacial score (nSPS) is 24.2.